The molecule has 1 heterocycles. The molecule has 0 bridgehead atoms. The zero-order valence-electron chi connectivity index (χ0n) is 20.1. The van der Waals surface area contributed by atoms with Gasteiger partial charge in [-0.3, -0.25) is 9.59 Å². The molecule has 0 aliphatic heterocycles. The Morgan fingerprint density at radius 2 is 1.73 bits per heavy atom. The Balaban J connectivity index is 1.81. The Morgan fingerprint density at radius 1 is 1.09 bits per heavy atom. The first-order valence-electron chi connectivity index (χ1n) is 11.5. The van der Waals surface area contributed by atoms with Crippen LogP contribution in [0, 0.1) is 13.8 Å². The van der Waals surface area contributed by atoms with Crippen LogP contribution >= 0.6 is 23.2 Å². The fraction of sp³-hybridized carbons (Fsp3) is 0.520. The van der Waals surface area contributed by atoms with E-state index in [1.165, 1.54) is 6.07 Å². The number of hydrogen-bond donors (Lipinski definition) is 2. The first-order valence-corrected chi connectivity index (χ1v) is 12.3. The summed E-state index contributed by atoms with van der Waals surface area (Å²) in [5.74, 6) is -0.278. The molecule has 6 nitrogen and oxygen atoms in total. The lowest BCUT2D eigenvalue weighted by atomic mass is 9.89. The number of aryl methyl sites for hydroxylation is 1. The number of nitrogens with zero attached hydrogens (tertiary/aromatic N) is 2. The number of carbonyl (C=O) groups excluding carboxylic acids is 1. The van der Waals surface area contributed by atoms with E-state index in [1.807, 2.05) is 13.0 Å². The number of H-pyrrole nitrogens is 1. The van der Waals surface area contributed by atoms with E-state index in [0.29, 0.717) is 33.9 Å². The minimum atomic E-state index is -0.278. The van der Waals surface area contributed by atoms with Gasteiger partial charge in [0, 0.05) is 53.2 Å². The maximum absolute atomic E-state index is 13.1. The molecule has 8 heteroatoms. The SMILES string of the molecule is CCN(c1cc(Cl)cc(C(=O)NCc2c(Cl)[nH]c(C)cc2=O)c1C)[C@H]1CC[C@H](N(C)C)CC1. The number of pyridine rings is 1. The molecule has 1 saturated carbocycles. The second-order valence-electron chi connectivity index (χ2n) is 9.10. The lowest BCUT2D eigenvalue weighted by molar-refractivity contribution is 0.0950. The van der Waals surface area contributed by atoms with Crippen molar-refractivity contribution in [2.45, 2.75) is 65.1 Å². The second kappa shape index (κ2) is 10.9. The van der Waals surface area contributed by atoms with Gasteiger partial charge in [0.05, 0.1) is 5.56 Å². The summed E-state index contributed by atoms with van der Waals surface area (Å²) in [6.45, 7) is 6.75. The van der Waals surface area contributed by atoms with Gasteiger partial charge in [0.25, 0.3) is 5.91 Å². The summed E-state index contributed by atoms with van der Waals surface area (Å²) in [7, 11) is 4.29. The lowest BCUT2D eigenvalue weighted by Gasteiger charge is -2.40. The molecule has 1 fully saturated rings. The highest BCUT2D eigenvalue weighted by atomic mass is 35.5. The molecule has 2 N–H and O–H groups in total. The first-order chi connectivity index (χ1) is 15.6. The lowest BCUT2D eigenvalue weighted by Crippen LogP contribution is -2.42. The van der Waals surface area contributed by atoms with Gasteiger partial charge in [0.2, 0.25) is 0 Å². The third-order valence-electron chi connectivity index (χ3n) is 6.72. The zero-order valence-corrected chi connectivity index (χ0v) is 21.6. The summed E-state index contributed by atoms with van der Waals surface area (Å²) in [4.78, 5) is 33.0. The van der Waals surface area contributed by atoms with Crippen LogP contribution in [0.1, 0.15) is 59.8 Å². The van der Waals surface area contributed by atoms with Crippen LogP contribution in [0.4, 0.5) is 5.69 Å². The van der Waals surface area contributed by atoms with Gasteiger partial charge in [-0.2, -0.15) is 0 Å². The molecule has 1 aromatic heterocycles. The summed E-state index contributed by atoms with van der Waals surface area (Å²) in [6.07, 6.45) is 4.54. The number of anilines is 1. The Labute approximate surface area is 206 Å². The van der Waals surface area contributed by atoms with Crippen LogP contribution in [-0.4, -0.2) is 48.5 Å². The number of aromatic amines is 1. The maximum Gasteiger partial charge on any atom is 0.251 e. The quantitative estimate of drug-likeness (QED) is 0.537. The molecule has 180 valence electrons. The third kappa shape index (κ3) is 5.92. The van der Waals surface area contributed by atoms with E-state index in [0.717, 1.165) is 43.5 Å². The Bertz CT molecular complexity index is 1060. The van der Waals surface area contributed by atoms with Gasteiger partial charge in [0.15, 0.2) is 5.43 Å². The molecule has 1 aromatic carbocycles. The number of rotatable bonds is 7. The van der Waals surface area contributed by atoms with Gasteiger partial charge >= 0.3 is 0 Å². The number of carbonyl (C=O) groups is 1. The average molecular weight is 493 g/mol. The van der Waals surface area contributed by atoms with Crippen LogP contribution in [0.2, 0.25) is 10.2 Å². The summed E-state index contributed by atoms with van der Waals surface area (Å²) in [6, 6.07) is 6.16. The number of benzene rings is 1. The van der Waals surface area contributed by atoms with Crippen LogP contribution in [-0.2, 0) is 6.54 Å². The third-order valence-corrected chi connectivity index (χ3v) is 7.26. The fourth-order valence-corrected chi connectivity index (χ4v) is 5.34. The molecule has 2 aromatic rings. The van der Waals surface area contributed by atoms with E-state index in [2.05, 4.69) is 41.1 Å². The van der Waals surface area contributed by atoms with Crippen LogP contribution < -0.4 is 15.6 Å². The molecule has 0 radical (unpaired) electrons. The molecule has 3 rings (SSSR count). The highest BCUT2D eigenvalue weighted by Crippen LogP contribution is 2.34. The van der Waals surface area contributed by atoms with E-state index >= 15 is 0 Å². The van der Waals surface area contributed by atoms with Crippen LogP contribution in [0.3, 0.4) is 0 Å². The van der Waals surface area contributed by atoms with Gasteiger partial charge in [-0.25, -0.2) is 0 Å². The van der Waals surface area contributed by atoms with Crippen molar-refractivity contribution < 1.29 is 4.79 Å². The summed E-state index contributed by atoms with van der Waals surface area (Å²) < 4.78 is 0. The van der Waals surface area contributed by atoms with Crippen molar-refractivity contribution in [3.63, 3.8) is 0 Å². The molecule has 0 atom stereocenters. The van der Waals surface area contributed by atoms with E-state index in [9.17, 15) is 9.59 Å². The fourth-order valence-electron chi connectivity index (χ4n) is 4.82. The van der Waals surface area contributed by atoms with Crippen LogP contribution in [0.25, 0.3) is 0 Å². The standard InChI is InChI=1S/C25H34Cl2N4O2/c1-6-31(19-9-7-18(8-10-19)30(4)5)22-13-17(26)12-20(16(22)3)25(33)28-14-21-23(32)11-15(2)29-24(21)27/h11-13,18-19H,6-10,14H2,1-5H3,(H,28,33)(H,29,32)/t18-,19-. The zero-order chi connectivity index (χ0) is 24.3. The van der Waals surface area contributed by atoms with Crippen LogP contribution in [0.15, 0.2) is 23.0 Å². The van der Waals surface area contributed by atoms with E-state index < -0.39 is 0 Å². The predicted octanol–water partition coefficient (Wildman–Crippen LogP) is 4.93. The summed E-state index contributed by atoms with van der Waals surface area (Å²) in [5.41, 5.74) is 3.20. The maximum atomic E-state index is 13.1. The molecule has 1 amide bonds. The molecule has 1 aliphatic rings. The highest BCUT2D eigenvalue weighted by molar-refractivity contribution is 6.31. The van der Waals surface area contributed by atoms with Gasteiger partial charge in [-0.05, 0) is 78.2 Å². The van der Waals surface area contributed by atoms with Crippen molar-refractivity contribution in [1.82, 2.24) is 15.2 Å². The average Bonchev–Trinajstić information content (AvgIpc) is 2.75. The molecule has 0 unspecified atom stereocenters. The van der Waals surface area contributed by atoms with E-state index in [4.69, 9.17) is 23.2 Å². The molecule has 1 aliphatic carbocycles. The van der Waals surface area contributed by atoms with Gasteiger partial charge in [-0.1, -0.05) is 23.2 Å². The smallest absolute Gasteiger partial charge is 0.251 e. The molecule has 33 heavy (non-hydrogen) atoms. The largest absolute Gasteiger partial charge is 0.369 e. The Kier molecular flexibility index (Phi) is 8.48. The molecule has 0 spiro atoms. The monoisotopic (exact) mass is 492 g/mol. The van der Waals surface area contributed by atoms with Crippen molar-refractivity contribution >= 4 is 34.8 Å². The second-order valence-corrected chi connectivity index (χ2v) is 9.92. The van der Waals surface area contributed by atoms with Gasteiger partial charge < -0.3 is 20.1 Å². The summed E-state index contributed by atoms with van der Waals surface area (Å²) in [5, 5.41) is 3.61. The minimum Gasteiger partial charge on any atom is -0.369 e. The predicted molar refractivity (Wildman–Crippen MR) is 137 cm³/mol. The molecular weight excluding hydrogens is 459 g/mol. The van der Waals surface area contributed by atoms with Gasteiger partial charge in [-0.15, -0.1) is 0 Å². The van der Waals surface area contributed by atoms with Crippen molar-refractivity contribution in [3.05, 3.63) is 61.0 Å². The van der Waals surface area contributed by atoms with Crippen LogP contribution in [0.5, 0.6) is 0 Å². The van der Waals surface area contributed by atoms with Gasteiger partial charge in [0.1, 0.15) is 5.15 Å². The minimum absolute atomic E-state index is 0.0423. The molecular formula is C25H34Cl2N4O2. The van der Waals surface area contributed by atoms with E-state index in [1.54, 1.807) is 13.0 Å². The van der Waals surface area contributed by atoms with Crippen molar-refractivity contribution in [3.8, 4) is 0 Å². The normalized spacial score (nSPS) is 18.4. The van der Waals surface area contributed by atoms with E-state index in [-0.39, 0.29) is 23.0 Å². The Morgan fingerprint density at radius 3 is 2.30 bits per heavy atom. The topological polar surface area (TPSA) is 68.4 Å². The first kappa shape index (κ1) is 25.6. The number of hydrogen-bond acceptors (Lipinski definition) is 4. The number of halogens is 2. The van der Waals surface area contributed by atoms with Crippen molar-refractivity contribution in [2.75, 3.05) is 25.5 Å². The van der Waals surface area contributed by atoms with Crippen molar-refractivity contribution in [2.24, 2.45) is 0 Å². The highest BCUT2D eigenvalue weighted by Gasteiger charge is 2.28. The van der Waals surface area contributed by atoms with Crippen molar-refractivity contribution in [1.29, 1.82) is 0 Å². The summed E-state index contributed by atoms with van der Waals surface area (Å²) >= 11 is 12.7. The number of aromatic nitrogens is 1. The Hall–Kier alpha value is -2.02. The number of nitrogens with one attached hydrogen (secondary N) is 2. The number of amides is 1. The molecule has 0 saturated heterocycles.